The molecule has 0 fully saturated rings. The maximum atomic E-state index is 13.3. The molecule has 0 aliphatic carbocycles. The smallest absolute Gasteiger partial charge is 0.243 e. The van der Waals surface area contributed by atoms with Gasteiger partial charge in [0.25, 0.3) is 0 Å². The van der Waals surface area contributed by atoms with Crippen LogP contribution in [-0.2, 0) is 22.6 Å². The highest BCUT2D eigenvalue weighted by Gasteiger charge is 2.30. The molecule has 162 valence electrons. The molecular formula is C24H31ClN2O3. The third kappa shape index (κ3) is 7.06. The summed E-state index contributed by atoms with van der Waals surface area (Å²) in [6.07, 6.45) is 0.707. The SMILES string of the molecule is CC[C@H](C(=O)NC(C)(C)C)N(Cc1cccc(OC)c1)C(=O)Cc1ccc(Cl)cc1. The molecule has 1 atom stereocenters. The number of nitrogens with zero attached hydrogens (tertiary/aromatic N) is 1. The van der Waals surface area contributed by atoms with Crippen LogP contribution in [0, 0.1) is 0 Å². The Morgan fingerprint density at radius 1 is 1.10 bits per heavy atom. The number of hydrogen-bond acceptors (Lipinski definition) is 3. The average molecular weight is 431 g/mol. The summed E-state index contributed by atoms with van der Waals surface area (Å²) in [7, 11) is 1.61. The fraction of sp³-hybridized carbons (Fsp3) is 0.417. The minimum Gasteiger partial charge on any atom is -0.497 e. The van der Waals surface area contributed by atoms with Crippen molar-refractivity contribution in [3.8, 4) is 5.75 Å². The molecule has 0 bridgehead atoms. The van der Waals surface area contributed by atoms with Crippen molar-refractivity contribution in [2.75, 3.05) is 7.11 Å². The molecule has 5 nitrogen and oxygen atoms in total. The van der Waals surface area contributed by atoms with E-state index in [0.717, 1.165) is 11.1 Å². The zero-order valence-corrected chi connectivity index (χ0v) is 19.1. The zero-order valence-electron chi connectivity index (χ0n) is 18.4. The number of halogens is 1. The maximum absolute atomic E-state index is 13.3. The first-order valence-corrected chi connectivity index (χ1v) is 10.5. The van der Waals surface area contributed by atoms with Crippen molar-refractivity contribution in [2.45, 2.75) is 58.7 Å². The summed E-state index contributed by atoms with van der Waals surface area (Å²) in [5, 5.41) is 3.63. The number of rotatable bonds is 8. The molecule has 0 heterocycles. The molecule has 2 rings (SSSR count). The number of benzene rings is 2. The van der Waals surface area contributed by atoms with Gasteiger partial charge >= 0.3 is 0 Å². The first kappa shape index (κ1) is 23.7. The first-order chi connectivity index (χ1) is 14.1. The van der Waals surface area contributed by atoms with E-state index >= 15 is 0 Å². The van der Waals surface area contributed by atoms with Crippen LogP contribution in [0.15, 0.2) is 48.5 Å². The number of ether oxygens (including phenoxy) is 1. The van der Waals surface area contributed by atoms with E-state index in [4.69, 9.17) is 16.3 Å². The lowest BCUT2D eigenvalue weighted by Gasteiger charge is -2.33. The monoisotopic (exact) mass is 430 g/mol. The minimum atomic E-state index is -0.574. The fourth-order valence-corrected chi connectivity index (χ4v) is 3.34. The topological polar surface area (TPSA) is 58.6 Å². The lowest BCUT2D eigenvalue weighted by Crippen LogP contribution is -2.53. The van der Waals surface area contributed by atoms with Crippen molar-refractivity contribution in [3.05, 3.63) is 64.7 Å². The Balaban J connectivity index is 2.32. The van der Waals surface area contributed by atoms with Crippen LogP contribution in [0.5, 0.6) is 5.75 Å². The number of hydrogen-bond donors (Lipinski definition) is 1. The summed E-state index contributed by atoms with van der Waals surface area (Å²) in [6.45, 7) is 8.03. The van der Waals surface area contributed by atoms with Crippen LogP contribution in [-0.4, -0.2) is 35.4 Å². The van der Waals surface area contributed by atoms with Gasteiger partial charge in [0, 0.05) is 17.1 Å². The molecule has 2 amide bonds. The number of carbonyl (C=O) groups excluding carboxylic acids is 2. The molecule has 2 aromatic carbocycles. The first-order valence-electron chi connectivity index (χ1n) is 10.1. The molecular weight excluding hydrogens is 400 g/mol. The van der Waals surface area contributed by atoms with Crippen molar-refractivity contribution in [1.29, 1.82) is 0 Å². The summed E-state index contributed by atoms with van der Waals surface area (Å²) in [5.41, 5.74) is 1.37. The van der Waals surface area contributed by atoms with E-state index in [-0.39, 0.29) is 23.8 Å². The van der Waals surface area contributed by atoms with E-state index in [0.29, 0.717) is 23.7 Å². The van der Waals surface area contributed by atoms with Gasteiger partial charge in [-0.3, -0.25) is 9.59 Å². The standard InChI is InChI=1S/C24H31ClN2O3/c1-6-21(23(29)26-24(2,3)4)27(16-18-8-7-9-20(14-18)30-5)22(28)15-17-10-12-19(25)13-11-17/h7-14,21H,6,15-16H2,1-5H3,(H,26,29)/t21-/m1/s1. The second-order valence-corrected chi connectivity index (χ2v) is 8.78. The molecule has 6 heteroatoms. The molecule has 2 aromatic rings. The van der Waals surface area contributed by atoms with E-state index in [1.807, 2.05) is 64.1 Å². The van der Waals surface area contributed by atoms with Crippen LogP contribution in [0.25, 0.3) is 0 Å². The van der Waals surface area contributed by atoms with E-state index < -0.39 is 6.04 Å². The molecule has 0 radical (unpaired) electrons. The number of nitrogens with one attached hydrogen (secondary N) is 1. The third-order valence-corrected chi connectivity index (χ3v) is 4.89. The normalized spacial score (nSPS) is 12.2. The van der Waals surface area contributed by atoms with Crippen molar-refractivity contribution >= 4 is 23.4 Å². The molecule has 30 heavy (non-hydrogen) atoms. The van der Waals surface area contributed by atoms with Gasteiger partial charge in [0.1, 0.15) is 11.8 Å². The lowest BCUT2D eigenvalue weighted by molar-refractivity contribution is -0.141. The minimum absolute atomic E-state index is 0.115. The highest BCUT2D eigenvalue weighted by atomic mass is 35.5. The van der Waals surface area contributed by atoms with Crippen molar-refractivity contribution < 1.29 is 14.3 Å². The number of methoxy groups -OCH3 is 1. The molecule has 0 saturated carbocycles. The van der Waals surface area contributed by atoms with Crippen molar-refractivity contribution in [3.63, 3.8) is 0 Å². The Labute approximate surface area is 184 Å². The number of amides is 2. The predicted octanol–water partition coefficient (Wildman–Crippen LogP) is 4.61. The molecule has 0 aromatic heterocycles. The third-order valence-electron chi connectivity index (χ3n) is 4.64. The van der Waals surface area contributed by atoms with E-state index in [1.165, 1.54) is 0 Å². The van der Waals surface area contributed by atoms with Gasteiger partial charge in [-0.15, -0.1) is 0 Å². The summed E-state index contributed by atoms with van der Waals surface area (Å²) in [4.78, 5) is 28.0. The van der Waals surface area contributed by atoms with Gasteiger partial charge in [0.15, 0.2) is 0 Å². The van der Waals surface area contributed by atoms with Gasteiger partial charge in [-0.05, 0) is 62.6 Å². The van der Waals surface area contributed by atoms with Crippen molar-refractivity contribution in [2.24, 2.45) is 0 Å². The lowest BCUT2D eigenvalue weighted by atomic mass is 10.0. The molecule has 0 unspecified atom stereocenters. The Morgan fingerprint density at radius 3 is 2.33 bits per heavy atom. The summed E-state index contributed by atoms with van der Waals surface area (Å²) in [6, 6.07) is 14.2. The summed E-state index contributed by atoms with van der Waals surface area (Å²) < 4.78 is 5.31. The fourth-order valence-electron chi connectivity index (χ4n) is 3.22. The van der Waals surface area contributed by atoms with Gasteiger partial charge in [-0.1, -0.05) is 42.8 Å². The Kier molecular flexibility index (Phi) is 8.30. The van der Waals surface area contributed by atoms with Gasteiger partial charge < -0.3 is 15.0 Å². The molecule has 0 aliphatic heterocycles. The van der Waals surface area contributed by atoms with E-state index in [1.54, 1.807) is 24.1 Å². The molecule has 0 saturated heterocycles. The van der Waals surface area contributed by atoms with Gasteiger partial charge in [0.05, 0.1) is 13.5 Å². The maximum Gasteiger partial charge on any atom is 0.243 e. The van der Waals surface area contributed by atoms with Crippen molar-refractivity contribution in [1.82, 2.24) is 10.2 Å². The summed E-state index contributed by atoms with van der Waals surface area (Å²) >= 11 is 5.96. The Bertz CT molecular complexity index is 859. The van der Waals surface area contributed by atoms with E-state index in [9.17, 15) is 9.59 Å². The quantitative estimate of drug-likeness (QED) is 0.665. The largest absolute Gasteiger partial charge is 0.497 e. The second-order valence-electron chi connectivity index (χ2n) is 8.34. The molecule has 0 aliphatic rings. The zero-order chi connectivity index (χ0) is 22.3. The second kappa shape index (κ2) is 10.5. The Morgan fingerprint density at radius 2 is 1.77 bits per heavy atom. The van der Waals surface area contributed by atoms with Crippen LogP contribution in [0.2, 0.25) is 5.02 Å². The Hall–Kier alpha value is -2.53. The molecule has 0 spiro atoms. The van der Waals surface area contributed by atoms with Gasteiger partial charge in [-0.25, -0.2) is 0 Å². The van der Waals surface area contributed by atoms with Crippen LogP contribution >= 0.6 is 11.6 Å². The van der Waals surface area contributed by atoms with Crippen LogP contribution < -0.4 is 10.1 Å². The molecule has 1 N–H and O–H groups in total. The average Bonchev–Trinajstić information content (AvgIpc) is 2.68. The van der Waals surface area contributed by atoms with Crippen LogP contribution in [0.1, 0.15) is 45.2 Å². The highest BCUT2D eigenvalue weighted by Crippen LogP contribution is 2.19. The predicted molar refractivity (Wildman–Crippen MR) is 121 cm³/mol. The van der Waals surface area contributed by atoms with Crippen LogP contribution in [0.3, 0.4) is 0 Å². The van der Waals surface area contributed by atoms with Crippen LogP contribution in [0.4, 0.5) is 0 Å². The van der Waals surface area contributed by atoms with E-state index in [2.05, 4.69) is 5.32 Å². The van der Waals surface area contributed by atoms with Gasteiger partial charge in [0.2, 0.25) is 11.8 Å². The highest BCUT2D eigenvalue weighted by molar-refractivity contribution is 6.30. The summed E-state index contributed by atoms with van der Waals surface area (Å²) in [5.74, 6) is 0.443. The number of carbonyl (C=O) groups is 2. The van der Waals surface area contributed by atoms with Gasteiger partial charge in [-0.2, -0.15) is 0 Å².